The van der Waals surface area contributed by atoms with Gasteiger partial charge < -0.3 is 35.6 Å². The lowest BCUT2D eigenvalue weighted by molar-refractivity contribution is -0.189. The SMILES string of the molecule is CC[C@H](C)[C@H](NC)C(=O)CC(CC(C)O)(OC(=O)[C@@H]([C@H](C)CCCC(C)O)N(C)C(=O)[C@H](C)NC)C(=O)O. The molecule has 0 bridgehead atoms. The Morgan fingerprint density at radius 2 is 1.50 bits per heavy atom. The first-order valence-electron chi connectivity index (χ1n) is 13.5. The van der Waals surface area contributed by atoms with Crippen LogP contribution in [0.4, 0.5) is 0 Å². The fraction of sp³-hybridized carbons (Fsp3) is 0.852. The summed E-state index contributed by atoms with van der Waals surface area (Å²) in [5.41, 5.74) is -2.32. The number of rotatable bonds is 19. The van der Waals surface area contributed by atoms with Crippen molar-refractivity contribution in [1.82, 2.24) is 15.5 Å². The largest absolute Gasteiger partial charge is 0.478 e. The molecule has 0 fully saturated rings. The van der Waals surface area contributed by atoms with Crippen LogP contribution in [0.2, 0.25) is 0 Å². The number of nitrogens with one attached hydrogen (secondary N) is 2. The maximum absolute atomic E-state index is 13.7. The Morgan fingerprint density at radius 3 is 1.92 bits per heavy atom. The highest BCUT2D eigenvalue weighted by molar-refractivity contribution is 5.94. The molecule has 0 aromatic heterocycles. The smallest absolute Gasteiger partial charge is 0.348 e. The highest BCUT2D eigenvalue weighted by Crippen LogP contribution is 2.29. The van der Waals surface area contributed by atoms with Crippen LogP contribution in [0.25, 0.3) is 0 Å². The number of esters is 1. The molecule has 1 amide bonds. The fourth-order valence-electron chi connectivity index (χ4n) is 4.71. The number of amides is 1. The molecular weight excluding hydrogens is 494 g/mol. The molecule has 0 aliphatic carbocycles. The predicted octanol–water partition coefficient (Wildman–Crippen LogP) is 1.34. The van der Waals surface area contributed by atoms with Crippen LogP contribution in [0, 0.1) is 11.8 Å². The second-order valence-corrected chi connectivity index (χ2v) is 10.7. The summed E-state index contributed by atoms with van der Waals surface area (Å²) in [6.45, 7) is 10.2. The molecule has 0 heterocycles. The highest BCUT2D eigenvalue weighted by atomic mass is 16.6. The lowest BCUT2D eigenvalue weighted by Crippen LogP contribution is -2.56. The van der Waals surface area contributed by atoms with E-state index in [1.807, 2.05) is 13.8 Å². The summed E-state index contributed by atoms with van der Waals surface area (Å²) < 4.78 is 5.67. The van der Waals surface area contributed by atoms with E-state index in [0.29, 0.717) is 25.7 Å². The highest BCUT2D eigenvalue weighted by Gasteiger charge is 2.49. The number of aliphatic hydroxyl groups excluding tert-OH is 2. The van der Waals surface area contributed by atoms with Crippen molar-refractivity contribution in [3.05, 3.63) is 0 Å². The van der Waals surface area contributed by atoms with Crippen LogP contribution < -0.4 is 10.6 Å². The summed E-state index contributed by atoms with van der Waals surface area (Å²) in [6, 6.07) is -2.43. The number of ketones is 1. The van der Waals surface area contributed by atoms with E-state index in [9.17, 15) is 34.5 Å². The summed E-state index contributed by atoms with van der Waals surface area (Å²) >= 11 is 0. The van der Waals surface area contributed by atoms with Gasteiger partial charge in [-0.2, -0.15) is 0 Å². The van der Waals surface area contributed by atoms with Crippen molar-refractivity contribution in [2.24, 2.45) is 11.8 Å². The Labute approximate surface area is 227 Å². The van der Waals surface area contributed by atoms with E-state index in [1.54, 1.807) is 34.9 Å². The minimum Gasteiger partial charge on any atom is -0.478 e. The second-order valence-electron chi connectivity index (χ2n) is 10.7. The van der Waals surface area contributed by atoms with Gasteiger partial charge in [0.15, 0.2) is 5.78 Å². The number of carboxylic acid groups (broad SMARTS) is 1. The Morgan fingerprint density at radius 1 is 0.921 bits per heavy atom. The van der Waals surface area contributed by atoms with Gasteiger partial charge in [0.2, 0.25) is 11.5 Å². The van der Waals surface area contributed by atoms with Gasteiger partial charge in [-0.25, -0.2) is 9.59 Å². The molecule has 0 aromatic rings. The van der Waals surface area contributed by atoms with Gasteiger partial charge in [0.25, 0.3) is 0 Å². The predicted molar refractivity (Wildman–Crippen MR) is 144 cm³/mol. The minimum absolute atomic E-state index is 0.102. The zero-order valence-electron chi connectivity index (χ0n) is 24.6. The third-order valence-corrected chi connectivity index (χ3v) is 7.27. The molecule has 0 saturated heterocycles. The number of carbonyl (C=O) groups excluding carboxylic acids is 3. The number of likely N-dealkylation sites (N-methyl/N-ethyl adjacent to an activating group) is 3. The first-order valence-corrected chi connectivity index (χ1v) is 13.5. The van der Waals surface area contributed by atoms with Crippen molar-refractivity contribution in [3.63, 3.8) is 0 Å². The van der Waals surface area contributed by atoms with E-state index < -0.39 is 78.3 Å². The molecule has 38 heavy (non-hydrogen) atoms. The molecule has 0 aliphatic rings. The van der Waals surface area contributed by atoms with Crippen molar-refractivity contribution >= 4 is 23.6 Å². The van der Waals surface area contributed by atoms with Gasteiger partial charge in [-0.1, -0.05) is 33.6 Å². The van der Waals surface area contributed by atoms with E-state index in [2.05, 4.69) is 10.6 Å². The van der Waals surface area contributed by atoms with Crippen molar-refractivity contribution in [2.75, 3.05) is 21.1 Å². The summed E-state index contributed by atoms with van der Waals surface area (Å²) in [6.07, 6.45) is -0.661. The fourth-order valence-corrected chi connectivity index (χ4v) is 4.71. The Balaban J connectivity index is 6.41. The van der Waals surface area contributed by atoms with Gasteiger partial charge in [-0.3, -0.25) is 9.59 Å². The van der Waals surface area contributed by atoms with E-state index in [-0.39, 0.29) is 5.92 Å². The van der Waals surface area contributed by atoms with Crippen molar-refractivity contribution in [1.29, 1.82) is 0 Å². The third-order valence-electron chi connectivity index (χ3n) is 7.27. The zero-order valence-corrected chi connectivity index (χ0v) is 24.6. The minimum atomic E-state index is -2.32. The zero-order chi connectivity index (χ0) is 29.8. The summed E-state index contributed by atoms with van der Waals surface area (Å²) in [7, 11) is 4.66. The van der Waals surface area contributed by atoms with Crippen LogP contribution >= 0.6 is 0 Å². The van der Waals surface area contributed by atoms with Crippen molar-refractivity contribution in [2.45, 2.75) is 116 Å². The van der Waals surface area contributed by atoms with Crippen LogP contribution in [-0.4, -0.2) is 101 Å². The number of aliphatic carboxylic acids is 1. The monoisotopic (exact) mass is 545 g/mol. The standard InChI is InChI=1S/C27H51N3O8/c1-10-16(2)22(29-8)21(33)15-27(26(36)37,14-19(5)32)38-25(35)23(17(3)12-11-13-18(4)31)30(9)24(34)20(6)28-7/h16-20,22-23,28-29,31-32H,10-15H2,1-9H3,(H,36,37)/t16-,17+,18?,19?,20-,22-,23+,27?/m0/s1. The number of Topliss-reactive ketones (excluding diaryl/α,β-unsaturated/α-hetero) is 1. The topological polar surface area (TPSA) is 165 Å². The van der Waals surface area contributed by atoms with Gasteiger partial charge in [0, 0.05) is 13.5 Å². The molecule has 11 heteroatoms. The van der Waals surface area contributed by atoms with Gasteiger partial charge in [-0.05, 0) is 59.5 Å². The van der Waals surface area contributed by atoms with Crippen molar-refractivity contribution in [3.8, 4) is 0 Å². The van der Waals surface area contributed by atoms with Crippen molar-refractivity contribution < 1.29 is 39.2 Å². The first-order chi connectivity index (χ1) is 17.6. The van der Waals surface area contributed by atoms with E-state index in [4.69, 9.17) is 4.74 Å². The normalized spacial score (nSPS) is 18.7. The summed E-state index contributed by atoms with van der Waals surface area (Å²) in [5, 5.41) is 35.8. The number of ether oxygens (including phenoxy) is 1. The van der Waals surface area contributed by atoms with E-state index in [1.165, 1.54) is 18.9 Å². The maximum Gasteiger partial charge on any atom is 0.348 e. The van der Waals surface area contributed by atoms with E-state index >= 15 is 0 Å². The second kappa shape index (κ2) is 16.8. The van der Waals surface area contributed by atoms with Gasteiger partial charge >= 0.3 is 11.9 Å². The lowest BCUT2D eigenvalue weighted by Gasteiger charge is -2.37. The molecule has 222 valence electrons. The maximum atomic E-state index is 13.7. The molecule has 8 atom stereocenters. The molecule has 5 N–H and O–H groups in total. The molecule has 0 radical (unpaired) electrons. The third kappa shape index (κ3) is 10.6. The van der Waals surface area contributed by atoms with Crippen LogP contribution in [0.3, 0.4) is 0 Å². The van der Waals surface area contributed by atoms with Gasteiger partial charge in [0.1, 0.15) is 6.04 Å². The molecular formula is C27H51N3O8. The van der Waals surface area contributed by atoms with Crippen LogP contribution in [0.1, 0.15) is 80.1 Å². The molecule has 3 unspecified atom stereocenters. The number of hydrogen-bond acceptors (Lipinski definition) is 9. The number of nitrogens with zero attached hydrogens (tertiary/aromatic N) is 1. The van der Waals surface area contributed by atoms with E-state index in [0.717, 1.165) is 0 Å². The Bertz CT molecular complexity index is 775. The summed E-state index contributed by atoms with van der Waals surface area (Å²) in [4.78, 5) is 53.8. The Kier molecular flexibility index (Phi) is 15.9. The molecule has 0 aromatic carbocycles. The lowest BCUT2D eigenvalue weighted by atomic mass is 9.84. The van der Waals surface area contributed by atoms with Gasteiger partial charge in [-0.15, -0.1) is 0 Å². The van der Waals surface area contributed by atoms with Crippen LogP contribution in [0.15, 0.2) is 0 Å². The quantitative estimate of drug-likeness (QED) is 0.150. The van der Waals surface area contributed by atoms with Crippen LogP contribution in [0.5, 0.6) is 0 Å². The van der Waals surface area contributed by atoms with Crippen LogP contribution in [-0.2, 0) is 23.9 Å². The van der Waals surface area contributed by atoms with Gasteiger partial charge in [0.05, 0.1) is 30.7 Å². The number of hydrogen-bond donors (Lipinski definition) is 5. The summed E-state index contributed by atoms with van der Waals surface area (Å²) in [5.74, 6) is -3.90. The number of carboxylic acids is 1. The molecule has 0 rings (SSSR count). The first kappa shape index (κ1) is 35.9. The molecule has 0 saturated carbocycles. The Hall–Kier alpha value is -2.08. The number of carbonyl (C=O) groups is 4. The molecule has 0 aliphatic heterocycles. The average molecular weight is 546 g/mol. The molecule has 0 spiro atoms. The average Bonchev–Trinajstić information content (AvgIpc) is 2.82. The number of aliphatic hydroxyl groups is 2. The molecule has 11 nitrogen and oxygen atoms in total.